The Hall–Kier alpha value is -3.60. The van der Waals surface area contributed by atoms with Crippen molar-refractivity contribution in [2.75, 3.05) is 0 Å². The number of aromatic nitrogens is 2. The second kappa shape index (κ2) is 8.19. The van der Waals surface area contributed by atoms with E-state index in [4.69, 9.17) is 4.74 Å². The van der Waals surface area contributed by atoms with E-state index in [-0.39, 0.29) is 11.9 Å². The van der Waals surface area contributed by atoms with Crippen LogP contribution >= 0.6 is 0 Å². The Morgan fingerprint density at radius 3 is 2.97 bits per heavy atom. The summed E-state index contributed by atoms with van der Waals surface area (Å²) in [4.78, 5) is 16.7. The normalized spacial score (nSPS) is 15.3. The fraction of sp³-hybridized carbons (Fsp3) is 0.167. The molecule has 4 rings (SSSR count). The van der Waals surface area contributed by atoms with E-state index in [1.807, 2.05) is 48.0 Å². The van der Waals surface area contributed by atoms with Gasteiger partial charge in [-0.15, -0.1) is 0 Å². The number of hydrogen-bond acceptors (Lipinski definition) is 3. The van der Waals surface area contributed by atoms with Crippen LogP contribution in [0.25, 0.3) is 11.8 Å². The van der Waals surface area contributed by atoms with E-state index in [1.165, 1.54) is 17.4 Å². The van der Waals surface area contributed by atoms with Gasteiger partial charge in [0.15, 0.2) is 5.75 Å². The average molecular weight is 385 g/mol. The zero-order chi connectivity index (χ0) is 20.2. The van der Waals surface area contributed by atoms with Crippen molar-refractivity contribution in [2.24, 2.45) is 0 Å². The highest BCUT2D eigenvalue weighted by atomic mass is 16.5. The van der Waals surface area contributed by atoms with Crippen LogP contribution in [0.2, 0.25) is 0 Å². The van der Waals surface area contributed by atoms with Crippen LogP contribution in [-0.4, -0.2) is 15.5 Å². The SMILES string of the molecule is C=COc1cc(C=CC(=O)NC2CCc3ccccc32)ccc1-n1cnc(C)c1. The van der Waals surface area contributed by atoms with Crippen molar-refractivity contribution in [2.45, 2.75) is 25.8 Å². The smallest absolute Gasteiger partial charge is 0.244 e. The van der Waals surface area contributed by atoms with Gasteiger partial charge >= 0.3 is 0 Å². The zero-order valence-electron chi connectivity index (χ0n) is 16.3. The van der Waals surface area contributed by atoms with Gasteiger partial charge < -0.3 is 14.6 Å². The molecule has 1 unspecified atom stereocenters. The van der Waals surface area contributed by atoms with Gasteiger partial charge in [0, 0.05) is 12.3 Å². The van der Waals surface area contributed by atoms with E-state index in [0.717, 1.165) is 29.8 Å². The van der Waals surface area contributed by atoms with Gasteiger partial charge in [-0.05, 0) is 54.7 Å². The Labute approximate surface area is 170 Å². The van der Waals surface area contributed by atoms with Gasteiger partial charge in [0.05, 0.1) is 30.0 Å². The number of carbonyl (C=O) groups is 1. The maximum atomic E-state index is 12.4. The van der Waals surface area contributed by atoms with E-state index in [1.54, 1.807) is 18.5 Å². The van der Waals surface area contributed by atoms with E-state index < -0.39 is 0 Å². The van der Waals surface area contributed by atoms with Crippen molar-refractivity contribution in [3.63, 3.8) is 0 Å². The van der Waals surface area contributed by atoms with Crippen LogP contribution in [0.3, 0.4) is 0 Å². The molecule has 1 aromatic heterocycles. The van der Waals surface area contributed by atoms with Gasteiger partial charge in [0.25, 0.3) is 0 Å². The summed E-state index contributed by atoms with van der Waals surface area (Å²) in [5, 5.41) is 3.10. The number of imidazole rings is 1. The van der Waals surface area contributed by atoms with E-state index >= 15 is 0 Å². The number of hydrogen-bond donors (Lipinski definition) is 1. The van der Waals surface area contributed by atoms with Crippen LogP contribution in [0.1, 0.15) is 34.8 Å². The molecule has 1 aliphatic rings. The molecule has 0 aliphatic heterocycles. The fourth-order valence-corrected chi connectivity index (χ4v) is 3.68. The maximum absolute atomic E-state index is 12.4. The molecule has 0 saturated carbocycles. The van der Waals surface area contributed by atoms with Gasteiger partial charge in [-0.25, -0.2) is 4.98 Å². The summed E-state index contributed by atoms with van der Waals surface area (Å²) in [5.41, 5.74) is 5.18. The first kappa shape index (κ1) is 18.7. The number of nitrogens with one attached hydrogen (secondary N) is 1. The van der Waals surface area contributed by atoms with Crippen molar-refractivity contribution < 1.29 is 9.53 Å². The molecular weight excluding hydrogens is 362 g/mol. The second-order valence-corrected chi connectivity index (χ2v) is 7.07. The van der Waals surface area contributed by atoms with Gasteiger partial charge in [0.1, 0.15) is 0 Å². The molecule has 0 fully saturated rings. The molecule has 1 heterocycles. The minimum atomic E-state index is -0.104. The maximum Gasteiger partial charge on any atom is 0.244 e. The van der Waals surface area contributed by atoms with Gasteiger partial charge in [-0.1, -0.05) is 36.9 Å². The lowest BCUT2D eigenvalue weighted by molar-refractivity contribution is -0.117. The van der Waals surface area contributed by atoms with Crippen LogP contribution in [-0.2, 0) is 11.2 Å². The molecular formula is C24H23N3O2. The Bertz CT molecular complexity index is 1080. The summed E-state index contributed by atoms with van der Waals surface area (Å²) in [7, 11) is 0. The summed E-state index contributed by atoms with van der Waals surface area (Å²) in [6, 6.07) is 14.1. The number of benzene rings is 2. The average Bonchev–Trinajstić information content (AvgIpc) is 3.33. The molecule has 0 saturated heterocycles. The van der Waals surface area contributed by atoms with Crippen LogP contribution < -0.4 is 10.1 Å². The first-order chi connectivity index (χ1) is 14.1. The number of nitrogens with zero attached hydrogens (tertiary/aromatic N) is 2. The lowest BCUT2D eigenvalue weighted by Crippen LogP contribution is -2.25. The largest absolute Gasteiger partial charge is 0.463 e. The first-order valence-corrected chi connectivity index (χ1v) is 9.63. The second-order valence-electron chi connectivity index (χ2n) is 7.07. The minimum Gasteiger partial charge on any atom is -0.463 e. The summed E-state index contributed by atoms with van der Waals surface area (Å²) < 4.78 is 7.47. The van der Waals surface area contributed by atoms with Crippen molar-refractivity contribution in [3.8, 4) is 11.4 Å². The molecule has 1 atom stereocenters. The van der Waals surface area contributed by atoms with Crippen molar-refractivity contribution in [1.82, 2.24) is 14.9 Å². The Balaban J connectivity index is 1.48. The van der Waals surface area contributed by atoms with Crippen LogP contribution in [0, 0.1) is 6.92 Å². The highest BCUT2D eigenvalue weighted by molar-refractivity contribution is 5.92. The van der Waals surface area contributed by atoms with Gasteiger partial charge in [0.2, 0.25) is 5.91 Å². The third-order valence-corrected chi connectivity index (χ3v) is 5.06. The quantitative estimate of drug-likeness (QED) is 0.501. The van der Waals surface area contributed by atoms with Crippen LogP contribution in [0.5, 0.6) is 5.75 Å². The van der Waals surface area contributed by atoms with Gasteiger partial charge in [-0.3, -0.25) is 4.79 Å². The molecule has 146 valence electrons. The van der Waals surface area contributed by atoms with Crippen molar-refractivity contribution >= 4 is 12.0 Å². The summed E-state index contributed by atoms with van der Waals surface area (Å²) >= 11 is 0. The molecule has 29 heavy (non-hydrogen) atoms. The molecule has 1 amide bonds. The van der Waals surface area contributed by atoms with E-state index in [2.05, 4.69) is 29.0 Å². The third-order valence-electron chi connectivity index (χ3n) is 5.06. The van der Waals surface area contributed by atoms with Gasteiger partial charge in [-0.2, -0.15) is 0 Å². The minimum absolute atomic E-state index is 0.0786. The molecule has 0 spiro atoms. The Kier molecular flexibility index (Phi) is 5.29. The molecule has 5 nitrogen and oxygen atoms in total. The van der Waals surface area contributed by atoms with Crippen LogP contribution in [0.15, 0.2) is 73.9 Å². The monoisotopic (exact) mass is 385 g/mol. The molecule has 0 radical (unpaired) electrons. The van der Waals surface area contributed by atoms with Crippen molar-refractivity contribution in [3.05, 3.63) is 96.3 Å². The topological polar surface area (TPSA) is 56.1 Å². The number of fused-ring (bicyclic) bond motifs is 1. The zero-order valence-corrected chi connectivity index (χ0v) is 16.3. The molecule has 3 aromatic rings. The molecule has 5 heteroatoms. The molecule has 1 N–H and O–H groups in total. The highest BCUT2D eigenvalue weighted by Crippen LogP contribution is 2.30. The molecule has 2 aromatic carbocycles. The third kappa shape index (κ3) is 4.14. The standard InChI is InChI=1S/C24H23N3O2/c1-3-29-23-14-18(8-12-22(23)27-15-17(2)25-16-27)9-13-24(28)26-21-11-10-19-6-4-5-7-20(19)21/h3-9,12-16,21H,1,10-11H2,2H3,(H,26,28). The first-order valence-electron chi connectivity index (χ1n) is 9.63. The number of rotatable bonds is 6. The lowest BCUT2D eigenvalue weighted by atomic mass is 10.1. The molecule has 0 bridgehead atoms. The Morgan fingerprint density at radius 2 is 2.17 bits per heavy atom. The van der Waals surface area contributed by atoms with E-state index in [0.29, 0.717) is 5.75 Å². The van der Waals surface area contributed by atoms with E-state index in [9.17, 15) is 4.79 Å². The predicted molar refractivity (Wildman–Crippen MR) is 114 cm³/mol. The fourth-order valence-electron chi connectivity index (χ4n) is 3.68. The summed E-state index contributed by atoms with van der Waals surface area (Å²) in [5.74, 6) is 0.539. The number of aryl methyl sites for hydroxylation is 2. The van der Waals surface area contributed by atoms with Crippen molar-refractivity contribution in [1.29, 1.82) is 0 Å². The van der Waals surface area contributed by atoms with Crippen LogP contribution in [0.4, 0.5) is 0 Å². The Morgan fingerprint density at radius 1 is 1.31 bits per heavy atom. The number of amides is 1. The molecule has 1 aliphatic carbocycles. The number of carbonyl (C=O) groups excluding carboxylic acids is 1. The predicted octanol–water partition coefficient (Wildman–Crippen LogP) is 4.52. The summed E-state index contributed by atoms with van der Waals surface area (Å²) in [6.45, 7) is 5.58. The number of ether oxygens (including phenoxy) is 1. The summed E-state index contributed by atoms with van der Waals surface area (Å²) in [6.07, 6.45) is 10.3. The lowest BCUT2D eigenvalue weighted by Gasteiger charge is -2.12. The highest BCUT2D eigenvalue weighted by Gasteiger charge is 2.22.